The van der Waals surface area contributed by atoms with Crippen LogP contribution in [0.25, 0.3) is 0 Å². The Kier molecular flexibility index (Phi) is 4.46. The average Bonchev–Trinajstić information content (AvgIpc) is 3.01. The Hall–Kier alpha value is -0.730. The summed E-state index contributed by atoms with van der Waals surface area (Å²) in [5, 5.41) is 0.729. The lowest BCUT2D eigenvalue weighted by Gasteiger charge is -2.35. The van der Waals surface area contributed by atoms with E-state index in [1.807, 2.05) is 6.07 Å². The second-order valence-electron chi connectivity index (χ2n) is 6.78. The molecule has 0 saturated heterocycles. The van der Waals surface area contributed by atoms with Gasteiger partial charge in [-0.2, -0.15) is 0 Å². The maximum atomic E-state index is 6.71. The molecule has 3 rings (SSSR count). The van der Waals surface area contributed by atoms with E-state index in [0.29, 0.717) is 5.92 Å². The average molecular weight is 308 g/mol. The minimum Gasteiger partial charge on any atom is -0.495 e. The highest BCUT2D eigenvalue weighted by Crippen LogP contribution is 2.45. The van der Waals surface area contributed by atoms with Gasteiger partial charge in [0.15, 0.2) is 0 Å². The second-order valence-corrected chi connectivity index (χ2v) is 7.19. The topological polar surface area (TPSA) is 35.2 Å². The van der Waals surface area contributed by atoms with Gasteiger partial charge in [-0.05, 0) is 54.9 Å². The van der Waals surface area contributed by atoms with E-state index in [0.717, 1.165) is 23.6 Å². The molecule has 0 heterocycles. The Bertz CT molecular complexity index is 502. The van der Waals surface area contributed by atoms with Gasteiger partial charge in [0.2, 0.25) is 0 Å². The van der Waals surface area contributed by atoms with Crippen molar-refractivity contribution < 1.29 is 4.74 Å². The summed E-state index contributed by atoms with van der Waals surface area (Å²) in [6.07, 6.45) is 11.0. The lowest BCUT2D eigenvalue weighted by molar-refractivity contribution is 0.301. The summed E-state index contributed by atoms with van der Waals surface area (Å²) in [6, 6.07) is 4.34. The molecule has 1 aromatic rings. The highest BCUT2D eigenvalue weighted by Gasteiger charge is 2.32. The Labute approximate surface area is 133 Å². The highest BCUT2D eigenvalue weighted by molar-refractivity contribution is 6.32. The zero-order valence-electron chi connectivity index (χ0n) is 13.0. The van der Waals surface area contributed by atoms with Gasteiger partial charge in [0.05, 0.1) is 12.1 Å². The zero-order chi connectivity index (χ0) is 14.9. The second kappa shape index (κ2) is 6.18. The summed E-state index contributed by atoms with van der Waals surface area (Å²) < 4.78 is 5.59. The molecule has 0 aromatic heterocycles. The molecule has 0 atom stereocenters. The van der Waals surface area contributed by atoms with E-state index in [-0.39, 0.29) is 5.54 Å². The van der Waals surface area contributed by atoms with Crippen molar-refractivity contribution in [3.63, 3.8) is 0 Å². The molecule has 0 spiro atoms. The van der Waals surface area contributed by atoms with Crippen molar-refractivity contribution in [2.75, 3.05) is 7.11 Å². The molecule has 2 aliphatic rings. The molecule has 116 valence electrons. The molecule has 0 aliphatic heterocycles. The van der Waals surface area contributed by atoms with E-state index in [1.165, 1.54) is 56.1 Å². The fourth-order valence-corrected chi connectivity index (χ4v) is 4.43. The largest absolute Gasteiger partial charge is 0.495 e. The molecule has 0 unspecified atom stereocenters. The summed E-state index contributed by atoms with van der Waals surface area (Å²) in [5.41, 5.74) is 9.02. The molecule has 2 saturated carbocycles. The van der Waals surface area contributed by atoms with Crippen molar-refractivity contribution in [1.29, 1.82) is 0 Å². The van der Waals surface area contributed by atoms with Crippen LogP contribution in [0.2, 0.25) is 5.02 Å². The van der Waals surface area contributed by atoms with Gasteiger partial charge in [0.1, 0.15) is 5.75 Å². The normalized spacial score (nSPS) is 22.4. The Morgan fingerprint density at radius 2 is 1.76 bits per heavy atom. The van der Waals surface area contributed by atoms with E-state index < -0.39 is 0 Å². The number of methoxy groups -OCH3 is 1. The van der Waals surface area contributed by atoms with Crippen LogP contribution in [0, 0.1) is 0 Å². The van der Waals surface area contributed by atoms with Gasteiger partial charge in [0, 0.05) is 5.54 Å². The Morgan fingerprint density at radius 3 is 2.38 bits per heavy atom. The van der Waals surface area contributed by atoms with Crippen LogP contribution >= 0.6 is 11.6 Å². The van der Waals surface area contributed by atoms with Crippen molar-refractivity contribution >= 4 is 11.6 Å². The van der Waals surface area contributed by atoms with E-state index in [9.17, 15) is 0 Å². The highest BCUT2D eigenvalue weighted by atomic mass is 35.5. The van der Waals surface area contributed by atoms with Crippen molar-refractivity contribution in [3.8, 4) is 5.75 Å². The van der Waals surface area contributed by atoms with Crippen molar-refractivity contribution in [2.45, 2.75) is 69.2 Å². The predicted molar refractivity (Wildman–Crippen MR) is 88.2 cm³/mol. The van der Waals surface area contributed by atoms with Crippen molar-refractivity contribution in [1.82, 2.24) is 0 Å². The van der Waals surface area contributed by atoms with Crippen LogP contribution in [0.4, 0.5) is 0 Å². The fourth-order valence-electron chi connectivity index (χ4n) is 4.13. The van der Waals surface area contributed by atoms with Gasteiger partial charge >= 0.3 is 0 Å². The molecular formula is C18H26ClNO. The lowest BCUT2D eigenvalue weighted by atomic mass is 9.76. The minimum atomic E-state index is -0.193. The SMILES string of the molecule is COc1c(Cl)cc(C2(N)CCCCC2)cc1C1CCCC1. The van der Waals surface area contributed by atoms with Gasteiger partial charge in [-0.1, -0.05) is 43.7 Å². The van der Waals surface area contributed by atoms with Gasteiger partial charge in [0.25, 0.3) is 0 Å². The predicted octanol–water partition coefficient (Wildman–Crippen LogP) is 5.12. The van der Waals surface area contributed by atoms with Crippen molar-refractivity contribution in [3.05, 3.63) is 28.3 Å². The molecule has 2 fully saturated rings. The third-order valence-corrected chi connectivity index (χ3v) is 5.67. The first-order chi connectivity index (χ1) is 10.1. The number of rotatable bonds is 3. The molecule has 2 N–H and O–H groups in total. The third kappa shape index (κ3) is 2.93. The van der Waals surface area contributed by atoms with Crippen LogP contribution in [0.3, 0.4) is 0 Å². The van der Waals surface area contributed by atoms with Crippen LogP contribution in [0.5, 0.6) is 5.75 Å². The Balaban J connectivity index is 2.01. The van der Waals surface area contributed by atoms with Gasteiger partial charge in [-0.25, -0.2) is 0 Å². The van der Waals surface area contributed by atoms with Crippen LogP contribution in [-0.2, 0) is 5.54 Å². The number of benzene rings is 1. The fraction of sp³-hybridized carbons (Fsp3) is 0.667. The Morgan fingerprint density at radius 1 is 1.10 bits per heavy atom. The maximum Gasteiger partial charge on any atom is 0.140 e. The summed E-state index contributed by atoms with van der Waals surface area (Å²) in [5.74, 6) is 1.45. The quantitative estimate of drug-likeness (QED) is 0.840. The standard InChI is InChI=1S/C18H26ClNO/c1-21-17-15(13-7-3-4-8-13)11-14(12-16(17)19)18(20)9-5-2-6-10-18/h11-13H,2-10,20H2,1H3. The van der Waals surface area contributed by atoms with E-state index >= 15 is 0 Å². The first-order valence-electron chi connectivity index (χ1n) is 8.31. The third-order valence-electron chi connectivity index (χ3n) is 5.39. The molecule has 0 radical (unpaired) electrons. The summed E-state index contributed by atoms with van der Waals surface area (Å²) in [7, 11) is 1.72. The van der Waals surface area contributed by atoms with Crippen LogP contribution < -0.4 is 10.5 Å². The van der Waals surface area contributed by atoms with E-state index in [4.69, 9.17) is 22.1 Å². The summed E-state index contributed by atoms with van der Waals surface area (Å²) in [4.78, 5) is 0. The monoisotopic (exact) mass is 307 g/mol. The van der Waals surface area contributed by atoms with Gasteiger partial charge < -0.3 is 10.5 Å². The molecule has 2 aliphatic carbocycles. The molecule has 21 heavy (non-hydrogen) atoms. The molecule has 1 aromatic carbocycles. The molecule has 0 bridgehead atoms. The molecular weight excluding hydrogens is 282 g/mol. The smallest absolute Gasteiger partial charge is 0.140 e. The van der Waals surface area contributed by atoms with Crippen LogP contribution in [0.1, 0.15) is 74.8 Å². The summed E-state index contributed by atoms with van der Waals surface area (Å²) >= 11 is 6.51. The van der Waals surface area contributed by atoms with E-state index in [2.05, 4.69) is 6.07 Å². The first-order valence-corrected chi connectivity index (χ1v) is 8.68. The molecule has 0 amide bonds. The first kappa shape index (κ1) is 15.2. The van der Waals surface area contributed by atoms with Crippen LogP contribution in [-0.4, -0.2) is 7.11 Å². The molecule has 3 heteroatoms. The minimum absolute atomic E-state index is 0.193. The number of halogens is 1. The van der Waals surface area contributed by atoms with Crippen molar-refractivity contribution in [2.24, 2.45) is 5.73 Å². The number of nitrogens with two attached hydrogens (primary N) is 1. The number of ether oxygens (including phenoxy) is 1. The lowest BCUT2D eigenvalue weighted by Crippen LogP contribution is -2.38. The molecule has 2 nitrogen and oxygen atoms in total. The number of hydrogen-bond donors (Lipinski definition) is 1. The van der Waals surface area contributed by atoms with Gasteiger partial charge in [-0.3, -0.25) is 0 Å². The zero-order valence-corrected chi connectivity index (χ0v) is 13.7. The van der Waals surface area contributed by atoms with E-state index in [1.54, 1.807) is 7.11 Å². The summed E-state index contributed by atoms with van der Waals surface area (Å²) in [6.45, 7) is 0. The number of hydrogen-bond acceptors (Lipinski definition) is 2. The maximum absolute atomic E-state index is 6.71. The van der Waals surface area contributed by atoms with Crippen LogP contribution in [0.15, 0.2) is 12.1 Å². The van der Waals surface area contributed by atoms with Gasteiger partial charge in [-0.15, -0.1) is 0 Å².